The lowest BCUT2D eigenvalue weighted by Gasteiger charge is -2.23. The molecule has 1 amide bonds. The van der Waals surface area contributed by atoms with Crippen LogP contribution in [-0.4, -0.2) is 31.9 Å². The van der Waals surface area contributed by atoms with Crippen molar-refractivity contribution in [2.45, 2.75) is 16.1 Å². The monoisotopic (exact) mass is 570 g/mol. The average molecular weight is 571 g/mol. The first kappa shape index (κ1) is 25.5. The van der Waals surface area contributed by atoms with Crippen molar-refractivity contribution < 1.29 is 24.0 Å². The average Bonchev–Trinajstić information content (AvgIpc) is 3.69. The molecule has 2 aromatic heterocycles. The molecule has 1 atom stereocenters. The third-order valence-electron chi connectivity index (χ3n) is 6.33. The van der Waals surface area contributed by atoms with Gasteiger partial charge in [0.15, 0.2) is 15.9 Å². The van der Waals surface area contributed by atoms with Gasteiger partial charge in [0.2, 0.25) is 10.9 Å². The number of fused-ring (bicyclic) bond motifs is 1. The topological polar surface area (TPSA) is 140 Å². The molecule has 198 valence electrons. The lowest BCUT2D eigenvalue weighted by Crippen LogP contribution is -2.31. The molecule has 6 rings (SSSR count). The van der Waals surface area contributed by atoms with Gasteiger partial charge in [-0.2, -0.15) is 0 Å². The van der Waals surface area contributed by atoms with Crippen LogP contribution in [0.3, 0.4) is 0 Å². The highest BCUT2D eigenvalue weighted by molar-refractivity contribution is 8.00. The van der Waals surface area contributed by atoms with E-state index in [0.29, 0.717) is 26.6 Å². The van der Waals surface area contributed by atoms with E-state index in [-0.39, 0.29) is 22.2 Å². The molecule has 1 aliphatic heterocycles. The van der Waals surface area contributed by atoms with Crippen LogP contribution in [0.5, 0.6) is 0 Å². The van der Waals surface area contributed by atoms with Crippen LogP contribution in [0.15, 0.2) is 105 Å². The van der Waals surface area contributed by atoms with Gasteiger partial charge in [-0.1, -0.05) is 71.6 Å². The number of amides is 1. The van der Waals surface area contributed by atoms with E-state index in [1.54, 1.807) is 30.3 Å². The second kappa shape index (κ2) is 10.4. The number of aromatic nitrogens is 2. The van der Waals surface area contributed by atoms with Crippen molar-refractivity contribution in [3.63, 3.8) is 0 Å². The fourth-order valence-electron chi connectivity index (χ4n) is 4.43. The second-order valence-electron chi connectivity index (χ2n) is 8.79. The maximum atomic E-state index is 13.7. The van der Waals surface area contributed by atoms with Gasteiger partial charge in [0, 0.05) is 23.3 Å². The number of Topliss-reactive ketones (excluding diaryl/α,β-unsaturated/α-hetero) is 1. The van der Waals surface area contributed by atoms with E-state index in [0.717, 1.165) is 16.9 Å². The number of hydrogen-bond donors (Lipinski definition) is 1. The van der Waals surface area contributed by atoms with Crippen molar-refractivity contribution in [3.05, 3.63) is 123 Å². The third-order valence-corrected chi connectivity index (χ3v) is 8.46. The Hall–Kier alpha value is -4.81. The summed E-state index contributed by atoms with van der Waals surface area (Å²) in [5.41, 5.74) is 1.56. The fourth-order valence-corrected chi connectivity index (χ4v) is 6.26. The van der Waals surface area contributed by atoms with E-state index in [9.17, 15) is 24.8 Å². The number of nitrogens with zero attached hydrogens (tertiary/aromatic N) is 4. The molecule has 3 aromatic carbocycles. The summed E-state index contributed by atoms with van der Waals surface area (Å²) < 4.78 is 6.33. The number of nitro groups is 1. The van der Waals surface area contributed by atoms with E-state index in [2.05, 4.69) is 10.2 Å². The summed E-state index contributed by atoms with van der Waals surface area (Å²) in [5, 5.41) is 31.5. The predicted octanol–water partition coefficient (Wildman–Crippen LogP) is 6.27. The zero-order valence-electron chi connectivity index (χ0n) is 20.5. The molecule has 0 bridgehead atoms. The number of anilines is 1. The first-order chi connectivity index (χ1) is 19.4. The fraction of sp³-hybridized carbons (Fsp3) is 0.0714. The molecular formula is C28H18N4O6S2. The molecule has 0 saturated carbocycles. The Morgan fingerprint density at radius 2 is 1.77 bits per heavy atom. The summed E-state index contributed by atoms with van der Waals surface area (Å²) in [7, 11) is 0. The van der Waals surface area contributed by atoms with Gasteiger partial charge in [0.05, 0.1) is 16.5 Å². The quantitative estimate of drug-likeness (QED) is 0.0751. The van der Waals surface area contributed by atoms with Crippen LogP contribution in [0.2, 0.25) is 0 Å². The minimum Gasteiger partial charge on any atom is -0.503 e. The number of rotatable bonds is 8. The first-order valence-electron chi connectivity index (χ1n) is 12.0. The van der Waals surface area contributed by atoms with Crippen LogP contribution in [0.25, 0.3) is 11.0 Å². The number of carbonyl (C=O) groups excluding carboxylic acids is 2. The molecule has 0 saturated heterocycles. The minimum absolute atomic E-state index is 0.0549. The van der Waals surface area contributed by atoms with Crippen molar-refractivity contribution in [3.8, 4) is 0 Å². The molecule has 40 heavy (non-hydrogen) atoms. The molecule has 0 spiro atoms. The van der Waals surface area contributed by atoms with Gasteiger partial charge in [-0.3, -0.25) is 24.6 Å². The van der Waals surface area contributed by atoms with E-state index in [4.69, 9.17) is 4.42 Å². The standard InChI is InChI=1S/C28H18N4O6S2/c33-24(21-14-18-8-4-5-9-20(18)38-21)22-23(17-10-12-19(13-11-17)32(36)37)31(26(35)25(22)34)27-29-30-28(40-27)39-15-16-6-2-1-3-7-16/h1-14,23,34H,15H2. The van der Waals surface area contributed by atoms with Crippen molar-refractivity contribution in [2.75, 3.05) is 4.90 Å². The van der Waals surface area contributed by atoms with E-state index < -0.39 is 28.4 Å². The number of thioether (sulfide) groups is 1. The van der Waals surface area contributed by atoms with Crippen LogP contribution in [-0.2, 0) is 10.5 Å². The maximum absolute atomic E-state index is 13.7. The summed E-state index contributed by atoms with van der Waals surface area (Å²) in [6.07, 6.45) is 0. The van der Waals surface area contributed by atoms with E-state index in [1.807, 2.05) is 30.3 Å². The van der Waals surface area contributed by atoms with Crippen molar-refractivity contribution in [1.82, 2.24) is 10.2 Å². The number of nitro benzene ring substituents is 1. The number of benzene rings is 3. The minimum atomic E-state index is -1.12. The number of aliphatic hydroxyl groups excluding tert-OH is 1. The van der Waals surface area contributed by atoms with Gasteiger partial charge in [-0.05, 0) is 35.4 Å². The lowest BCUT2D eigenvalue weighted by atomic mass is 9.95. The number of hydrogen-bond acceptors (Lipinski definition) is 10. The third kappa shape index (κ3) is 4.63. The maximum Gasteiger partial charge on any atom is 0.296 e. The van der Waals surface area contributed by atoms with Crippen LogP contribution in [0, 0.1) is 10.1 Å². The molecule has 1 aliphatic rings. The zero-order chi connectivity index (χ0) is 27.8. The van der Waals surface area contributed by atoms with Gasteiger partial charge >= 0.3 is 0 Å². The SMILES string of the molecule is O=C(C1=C(O)C(=O)N(c2nnc(SCc3ccccc3)s2)C1c1ccc([N+](=O)[O-])cc1)c1cc2ccccc2o1. The highest BCUT2D eigenvalue weighted by Crippen LogP contribution is 2.44. The molecule has 12 heteroatoms. The Morgan fingerprint density at radius 1 is 1.05 bits per heavy atom. The molecule has 1 N–H and O–H groups in total. The van der Waals surface area contributed by atoms with E-state index in [1.165, 1.54) is 40.9 Å². The van der Waals surface area contributed by atoms with Crippen molar-refractivity contribution in [2.24, 2.45) is 0 Å². The number of para-hydroxylation sites is 1. The number of furan rings is 1. The Kier molecular flexibility index (Phi) is 6.62. The zero-order valence-corrected chi connectivity index (χ0v) is 22.1. The summed E-state index contributed by atoms with van der Waals surface area (Å²) in [6, 6.07) is 22.7. The Bertz CT molecular complexity index is 1760. The van der Waals surface area contributed by atoms with Crippen LogP contribution in [0.1, 0.15) is 27.7 Å². The molecular weight excluding hydrogens is 552 g/mol. The summed E-state index contributed by atoms with van der Waals surface area (Å²) >= 11 is 2.58. The number of aliphatic hydroxyl groups is 1. The molecule has 10 nitrogen and oxygen atoms in total. The molecule has 5 aromatic rings. The highest BCUT2D eigenvalue weighted by atomic mass is 32.2. The second-order valence-corrected chi connectivity index (χ2v) is 11.0. The number of carbonyl (C=O) groups is 2. The largest absolute Gasteiger partial charge is 0.503 e. The van der Waals surface area contributed by atoms with Crippen LogP contribution >= 0.6 is 23.1 Å². The first-order valence-corrected chi connectivity index (χ1v) is 13.8. The highest BCUT2D eigenvalue weighted by Gasteiger charge is 2.47. The summed E-state index contributed by atoms with van der Waals surface area (Å²) in [6.45, 7) is 0. The smallest absolute Gasteiger partial charge is 0.296 e. The summed E-state index contributed by atoms with van der Waals surface area (Å²) in [4.78, 5) is 39.1. The van der Waals surface area contributed by atoms with Crippen molar-refractivity contribution in [1.29, 1.82) is 0 Å². The predicted molar refractivity (Wildman–Crippen MR) is 149 cm³/mol. The summed E-state index contributed by atoms with van der Waals surface area (Å²) in [5.74, 6) is -1.69. The molecule has 3 heterocycles. The normalized spacial score (nSPS) is 15.2. The molecule has 0 aliphatic carbocycles. The van der Waals surface area contributed by atoms with Crippen LogP contribution < -0.4 is 4.90 Å². The Labute approximate surface area is 234 Å². The van der Waals surface area contributed by atoms with Gasteiger partial charge in [0.25, 0.3) is 11.6 Å². The molecule has 0 radical (unpaired) electrons. The van der Waals surface area contributed by atoms with Gasteiger partial charge < -0.3 is 9.52 Å². The van der Waals surface area contributed by atoms with E-state index >= 15 is 0 Å². The number of ketones is 1. The van der Waals surface area contributed by atoms with Crippen molar-refractivity contribution >= 4 is 56.6 Å². The Morgan fingerprint density at radius 3 is 2.50 bits per heavy atom. The van der Waals surface area contributed by atoms with Gasteiger partial charge in [-0.15, -0.1) is 10.2 Å². The van der Waals surface area contributed by atoms with Gasteiger partial charge in [0.1, 0.15) is 5.58 Å². The van der Waals surface area contributed by atoms with Crippen LogP contribution in [0.4, 0.5) is 10.8 Å². The lowest BCUT2D eigenvalue weighted by molar-refractivity contribution is -0.384. The Balaban J connectivity index is 1.38. The number of non-ortho nitro benzene ring substituents is 1. The molecule has 0 fully saturated rings. The molecule has 1 unspecified atom stereocenters. The van der Waals surface area contributed by atoms with Gasteiger partial charge in [-0.25, -0.2) is 0 Å².